The van der Waals surface area contributed by atoms with Crippen molar-refractivity contribution in [1.82, 2.24) is 0 Å². The summed E-state index contributed by atoms with van der Waals surface area (Å²) in [6.07, 6.45) is 9.43. The molecular formula is C10H13N. The number of hydrogen-bond donors (Lipinski definition) is 0. The van der Waals surface area contributed by atoms with Crippen LogP contribution in [0.4, 0.5) is 0 Å². The molecule has 0 N–H and O–H groups in total. The molecule has 2 aliphatic carbocycles. The molecule has 1 heteroatoms. The van der Waals surface area contributed by atoms with Crippen molar-refractivity contribution in [1.29, 1.82) is 0 Å². The van der Waals surface area contributed by atoms with Gasteiger partial charge in [0.25, 0.3) is 0 Å². The van der Waals surface area contributed by atoms with Crippen LogP contribution < -0.4 is 0 Å². The van der Waals surface area contributed by atoms with E-state index in [1.165, 1.54) is 37.0 Å². The molecule has 0 aliphatic heterocycles. The maximum atomic E-state index is 4.30. The number of aliphatic imine (C=N–C) groups is 1. The van der Waals surface area contributed by atoms with Crippen LogP contribution in [-0.4, -0.2) is 12.8 Å². The molecular weight excluding hydrogens is 134 g/mol. The molecule has 0 atom stereocenters. The second kappa shape index (κ2) is 2.65. The minimum Gasteiger partial charge on any atom is -0.292 e. The molecule has 58 valence electrons. The fraction of sp³-hybridized carbons (Fsp3) is 0.500. The van der Waals surface area contributed by atoms with Crippen LogP contribution in [0.5, 0.6) is 0 Å². The van der Waals surface area contributed by atoms with E-state index in [0.717, 1.165) is 0 Å². The average Bonchev–Trinajstić information content (AvgIpc) is 2.50. The van der Waals surface area contributed by atoms with E-state index in [0.29, 0.717) is 0 Å². The minimum atomic E-state index is 1.17. The van der Waals surface area contributed by atoms with Crippen molar-refractivity contribution in [2.24, 2.45) is 4.99 Å². The Labute approximate surface area is 67.5 Å². The molecule has 0 unspecified atom stereocenters. The molecule has 0 amide bonds. The topological polar surface area (TPSA) is 12.4 Å². The van der Waals surface area contributed by atoms with E-state index in [9.17, 15) is 0 Å². The Hall–Kier alpha value is -0.850. The Bertz CT molecular complexity index is 256. The number of nitrogens with zero attached hydrogens (tertiary/aromatic N) is 1. The second-order valence-electron chi connectivity index (χ2n) is 3.15. The molecule has 2 aliphatic rings. The van der Waals surface area contributed by atoms with Gasteiger partial charge in [-0.2, -0.15) is 0 Å². The normalized spacial score (nSPS) is 26.5. The summed E-state index contributed by atoms with van der Waals surface area (Å²) < 4.78 is 0. The monoisotopic (exact) mass is 147 g/mol. The van der Waals surface area contributed by atoms with E-state index in [1.54, 1.807) is 5.57 Å². The van der Waals surface area contributed by atoms with Gasteiger partial charge < -0.3 is 0 Å². The first kappa shape index (κ1) is 6.84. The Morgan fingerprint density at radius 1 is 1.36 bits per heavy atom. The molecule has 1 nitrogen and oxygen atoms in total. The lowest BCUT2D eigenvalue weighted by Crippen LogP contribution is -2.07. The standard InChI is InChI=1S/C10H13N/c1-11-10-7-3-5-8-4-2-6-9(8)10/h2,6H,3-5,7H2,1H3. The Morgan fingerprint density at radius 3 is 3.09 bits per heavy atom. The van der Waals surface area contributed by atoms with Crippen LogP contribution in [0.2, 0.25) is 0 Å². The number of hydrogen-bond acceptors (Lipinski definition) is 1. The molecule has 2 rings (SSSR count). The molecule has 11 heavy (non-hydrogen) atoms. The predicted octanol–water partition coefficient (Wildman–Crippen LogP) is 2.50. The van der Waals surface area contributed by atoms with Gasteiger partial charge in [0, 0.05) is 12.8 Å². The highest BCUT2D eigenvalue weighted by Crippen LogP contribution is 2.30. The molecule has 0 fully saturated rings. The summed E-state index contributed by atoms with van der Waals surface area (Å²) in [5.74, 6) is 0. The zero-order valence-corrected chi connectivity index (χ0v) is 6.93. The maximum Gasteiger partial charge on any atom is 0.0416 e. The van der Waals surface area contributed by atoms with Crippen LogP contribution >= 0.6 is 0 Å². The van der Waals surface area contributed by atoms with Gasteiger partial charge in [0.05, 0.1) is 0 Å². The first-order valence-corrected chi connectivity index (χ1v) is 4.26. The zero-order valence-electron chi connectivity index (χ0n) is 6.93. The predicted molar refractivity (Wildman–Crippen MR) is 48.0 cm³/mol. The highest BCUT2D eigenvalue weighted by atomic mass is 14.7. The van der Waals surface area contributed by atoms with Crippen molar-refractivity contribution in [3.05, 3.63) is 23.3 Å². The molecule has 0 aromatic rings. The fourth-order valence-corrected chi connectivity index (χ4v) is 1.92. The van der Waals surface area contributed by atoms with Crippen LogP contribution in [0.3, 0.4) is 0 Å². The lowest BCUT2D eigenvalue weighted by molar-refractivity contribution is 0.815. The lowest BCUT2D eigenvalue weighted by Gasteiger charge is -2.15. The van der Waals surface area contributed by atoms with Crippen LogP contribution in [0, 0.1) is 0 Å². The first-order chi connectivity index (χ1) is 5.42. The molecule has 0 heterocycles. The molecule has 0 saturated heterocycles. The van der Waals surface area contributed by atoms with Gasteiger partial charge in [-0.15, -0.1) is 0 Å². The molecule has 0 radical (unpaired) electrons. The Kier molecular flexibility index (Phi) is 1.65. The second-order valence-corrected chi connectivity index (χ2v) is 3.15. The van der Waals surface area contributed by atoms with Crippen LogP contribution in [0.25, 0.3) is 0 Å². The van der Waals surface area contributed by atoms with Crippen molar-refractivity contribution < 1.29 is 0 Å². The maximum absolute atomic E-state index is 4.30. The largest absolute Gasteiger partial charge is 0.292 e. The zero-order chi connectivity index (χ0) is 7.68. The first-order valence-electron chi connectivity index (χ1n) is 4.26. The summed E-state index contributed by atoms with van der Waals surface area (Å²) in [6, 6.07) is 0. The molecule has 0 bridgehead atoms. The molecule has 0 spiro atoms. The van der Waals surface area contributed by atoms with E-state index in [1.807, 2.05) is 7.05 Å². The van der Waals surface area contributed by atoms with Gasteiger partial charge in [-0.1, -0.05) is 17.7 Å². The summed E-state index contributed by atoms with van der Waals surface area (Å²) in [5.41, 5.74) is 4.37. The fourth-order valence-electron chi connectivity index (χ4n) is 1.92. The summed E-state index contributed by atoms with van der Waals surface area (Å²) in [4.78, 5) is 4.30. The van der Waals surface area contributed by atoms with Crippen molar-refractivity contribution in [2.75, 3.05) is 7.05 Å². The van der Waals surface area contributed by atoms with E-state index < -0.39 is 0 Å². The number of rotatable bonds is 0. The van der Waals surface area contributed by atoms with Gasteiger partial charge in [-0.05, 0) is 31.3 Å². The molecule has 0 aromatic heterocycles. The van der Waals surface area contributed by atoms with E-state index in [4.69, 9.17) is 0 Å². The summed E-state index contributed by atoms with van der Waals surface area (Å²) in [5, 5.41) is 0. The van der Waals surface area contributed by atoms with Gasteiger partial charge >= 0.3 is 0 Å². The van der Waals surface area contributed by atoms with Gasteiger partial charge in [0.1, 0.15) is 0 Å². The van der Waals surface area contributed by atoms with Gasteiger partial charge in [0.15, 0.2) is 0 Å². The van der Waals surface area contributed by atoms with Gasteiger partial charge in [-0.25, -0.2) is 0 Å². The average molecular weight is 147 g/mol. The van der Waals surface area contributed by atoms with Crippen LogP contribution in [-0.2, 0) is 0 Å². The van der Waals surface area contributed by atoms with E-state index >= 15 is 0 Å². The third kappa shape index (κ3) is 1.05. The lowest BCUT2D eigenvalue weighted by atomic mass is 9.92. The third-order valence-corrected chi connectivity index (χ3v) is 2.50. The van der Waals surface area contributed by atoms with Crippen LogP contribution in [0.1, 0.15) is 25.7 Å². The minimum absolute atomic E-state index is 1.17. The summed E-state index contributed by atoms with van der Waals surface area (Å²) in [6.45, 7) is 0. The molecule has 0 saturated carbocycles. The highest BCUT2D eigenvalue weighted by Gasteiger charge is 2.17. The van der Waals surface area contributed by atoms with Gasteiger partial charge in [-0.3, -0.25) is 4.99 Å². The number of allylic oxidation sites excluding steroid dienone is 4. The van der Waals surface area contributed by atoms with Crippen molar-refractivity contribution >= 4 is 5.71 Å². The highest BCUT2D eigenvalue weighted by molar-refractivity contribution is 6.04. The summed E-state index contributed by atoms with van der Waals surface area (Å²) in [7, 11) is 1.90. The van der Waals surface area contributed by atoms with Crippen molar-refractivity contribution in [3.63, 3.8) is 0 Å². The van der Waals surface area contributed by atoms with Crippen molar-refractivity contribution in [2.45, 2.75) is 25.7 Å². The van der Waals surface area contributed by atoms with Crippen molar-refractivity contribution in [3.8, 4) is 0 Å². The Balaban J connectivity index is 2.38. The van der Waals surface area contributed by atoms with E-state index in [2.05, 4.69) is 17.1 Å². The smallest absolute Gasteiger partial charge is 0.0416 e. The quantitative estimate of drug-likeness (QED) is 0.499. The third-order valence-electron chi connectivity index (χ3n) is 2.50. The molecule has 0 aromatic carbocycles. The van der Waals surface area contributed by atoms with Gasteiger partial charge in [0.2, 0.25) is 0 Å². The van der Waals surface area contributed by atoms with E-state index in [-0.39, 0.29) is 0 Å². The SMILES string of the molecule is CN=C1CCCC2=C1C=CC2. The summed E-state index contributed by atoms with van der Waals surface area (Å²) >= 11 is 0. The van der Waals surface area contributed by atoms with Crippen LogP contribution in [0.15, 0.2) is 28.3 Å². The Morgan fingerprint density at radius 2 is 2.27 bits per heavy atom.